The molecule has 0 aromatic carbocycles. The molecule has 0 saturated carbocycles. The molecule has 1 aromatic heterocycles. The number of imidazole rings is 1. The molecule has 1 atom stereocenters. The number of hydrogen-bond donors (Lipinski definition) is 1. The van der Waals surface area contributed by atoms with Gasteiger partial charge < -0.3 is 14.8 Å². The Labute approximate surface area is 98.7 Å². The van der Waals surface area contributed by atoms with Crippen molar-refractivity contribution in [3.63, 3.8) is 0 Å². The first-order chi connectivity index (χ1) is 7.54. The van der Waals surface area contributed by atoms with Gasteiger partial charge in [0.15, 0.2) is 0 Å². The van der Waals surface area contributed by atoms with Gasteiger partial charge in [-0.05, 0) is 26.4 Å². The van der Waals surface area contributed by atoms with Crippen LogP contribution in [0.25, 0.3) is 0 Å². The van der Waals surface area contributed by atoms with Crippen molar-refractivity contribution < 1.29 is 0 Å². The number of nitrogens with one attached hydrogen (secondary N) is 1. The molecule has 0 fully saturated rings. The zero-order valence-corrected chi connectivity index (χ0v) is 11.1. The monoisotopic (exact) mass is 224 g/mol. The molecule has 0 aliphatic carbocycles. The van der Waals surface area contributed by atoms with Gasteiger partial charge in [0.05, 0.1) is 0 Å². The largest absolute Gasteiger partial charge is 0.359 e. The van der Waals surface area contributed by atoms with Crippen molar-refractivity contribution >= 4 is 5.95 Å². The second-order valence-electron chi connectivity index (χ2n) is 4.95. The lowest BCUT2D eigenvalue weighted by Crippen LogP contribution is -2.26. The summed E-state index contributed by atoms with van der Waals surface area (Å²) in [6.45, 7) is 5.57. The summed E-state index contributed by atoms with van der Waals surface area (Å²) in [5.74, 6) is 1.64. The summed E-state index contributed by atoms with van der Waals surface area (Å²) in [5, 5.41) is 3.14. The van der Waals surface area contributed by atoms with Crippen molar-refractivity contribution in [3.8, 4) is 0 Å². The van der Waals surface area contributed by atoms with Crippen LogP contribution in [0.3, 0.4) is 0 Å². The zero-order chi connectivity index (χ0) is 12.1. The van der Waals surface area contributed by atoms with Gasteiger partial charge in [0, 0.05) is 32.0 Å². The van der Waals surface area contributed by atoms with E-state index in [-0.39, 0.29) is 0 Å². The smallest absolute Gasteiger partial charge is 0.202 e. The maximum atomic E-state index is 4.30. The van der Waals surface area contributed by atoms with Gasteiger partial charge in [0.2, 0.25) is 5.95 Å². The fraction of sp³-hybridized carbons (Fsp3) is 0.750. The van der Waals surface area contributed by atoms with Crippen LogP contribution in [0.4, 0.5) is 5.95 Å². The Hall–Kier alpha value is -1.03. The predicted octanol–water partition coefficient (Wildman–Crippen LogP) is 2.07. The van der Waals surface area contributed by atoms with E-state index in [4.69, 9.17) is 0 Å². The van der Waals surface area contributed by atoms with Crippen molar-refractivity contribution in [1.82, 2.24) is 14.5 Å². The molecule has 1 rings (SSSR count). The molecule has 0 radical (unpaired) electrons. The van der Waals surface area contributed by atoms with E-state index >= 15 is 0 Å². The predicted molar refractivity (Wildman–Crippen MR) is 68.8 cm³/mol. The van der Waals surface area contributed by atoms with E-state index in [0.717, 1.165) is 12.5 Å². The number of hydrogen-bond acceptors (Lipinski definition) is 3. The van der Waals surface area contributed by atoms with Crippen LogP contribution in [0.1, 0.15) is 26.3 Å². The third kappa shape index (κ3) is 3.52. The molecule has 1 unspecified atom stereocenters. The Bertz CT molecular complexity index is 294. The van der Waals surface area contributed by atoms with E-state index in [2.05, 4.69) is 53.9 Å². The molecule has 4 heteroatoms. The van der Waals surface area contributed by atoms with Crippen molar-refractivity contribution in [2.75, 3.05) is 33.0 Å². The lowest BCUT2D eigenvalue weighted by Gasteiger charge is -2.25. The Morgan fingerprint density at radius 2 is 2.12 bits per heavy atom. The Morgan fingerprint density at radius 3 is 2.62 bits per heavy atom. The van der Waals surface area contributed by atoms with Gasteiger partial charge in [0.1, 0.15) is 0 Å². The number of nitrogens with zero attached hydrogens (tertiary/aromatic N) is 3. The lowest BCUT2D eigenvalue weighted by atomic mass is 10.0. The highest BCUT2D eigenvalue weighted by molar-refractivity contribution is 5.25. The summed E-state index contributed by atoms with van der Waals surface area (Å²) in [4.78, 5) is 6.53. The molecule has 0 aliphatic rings. The summed E-state index contributed by atoms with van der Waals surface area (Å²) in [7, 11) is 6.15. The van der Waals surface area contributed by atoms with Gasteiger partial charge >= 0.3 is 0 Å². The van der Waals surface area contributed by atoms with Crippen LogP contribution < -0.4 is 5.32 Å². The molecule has 0 spiro atoms. The standard InChI is InChI=1S/C12H24N4/c1-10(2)8-11(9-15(4)5)16-7-6-14-12(16)13-3/h6-7,10-11H,8-9H2,1-5H3,(H,13,14). The summed E-state index contributed by atoms with van der Waals surface area (Å²) in [6.07, 6.45) is 5.08. The van der Waals surface area contributed by atoms with Crippen LogP contribution in [0.5, 0.6) is 0 Å². The minimum atomic E-state index is 0.486. The second kappa shape index (κ2) is 5.89. The molecule has 0 bridgehead atoms. The van der Waals surface area contributed by atoms with Gasteiger partial charge in [-0.25, -0.2) is 4.98 Å². The second-order valence-corrected chi connectivity index (χ2v) is 4.95. The number of likely N-dealkylation sites (N-methyl/N-ethyl adjacent to an activating group) is 1. The fourth-order valence-corrected chi connectivity index (χ4v) is 2.04. The van der Waals surface area contributed by atoms with Crippen molar-refractivity contribution in [2.24, 2.45) is 5.92 Å². The van der Waals surface area contributed by atoms with Gasteiger partial charge in [0.25, 0.3) is 0 Å². The van der Waals surface area contributed by atoms with Crippen LogP contribution in [0, 0.1) is 5.92 Å². The molecule has 0 aliphatic heterocycles. The quantitative estimate of drug-likeness (QED) is 0.803. The van der Waals surface area contributed by atoms with E-state index in [9.17, 15) is 0 Å². The lowest BCUT2D eigenvalue weighted by molar-refractivity contribution is 0.290. The molecule has 1 heterocycles. The highest BCUT2D eigenvalue weighted by Crippen LogP contribution is 2.21. The van der Waals surface area contributed by atoms with Crippen LogP contribution in [0.15, 0.2) is 12.4 Å². The van der Waals surface area contributed by atoms with Crippen molar-refractivity contribution in [2.45, 2.75) is 26.3 Å². The molecule has 1 N–H and O–H groups in total. The van der Waals surface area contributed by atoms with Crippen LogP contribution >= 0.6 is 0 Å². The molecule has 0 saturated heterocycles. The highest BCUT2D eigenvalue weighted by atomic mass is 15.2. The van der Waals surface area contributed by atoms with Gasteiger partial charge in [-0.3, -0.25) is 0 Å². The topological polar surface area (TPSA) is 33.1 Å². The molecule has 1 aromatic rings. The van der Waals surface area contributed by atoms with E-state index < -0.39 is 0 Å². The number of anilines is 1. The van der Waals surface area contributed by atoms with Gasteiger partial charge in [-0.1, -0.05) is 13.8 Å². The average Bonchev–Trinajstić information content (AvgIpc) is 2.62. The van der Waals surface area contributed by atoms with Crippen LogP contribution in [-0.2, 0) is 0 Å². The molecular formula is C12H24N4. The zero-order valence-electron chi connectivity index (χ0n) is 11.1. The van der Waals surface area contributed by atoms with E-state index in [1.165, 1.54) is 6.42 Å². The fourth-order valence-electron chi connectivity index (χ4n) is 2.04. The van der Waals surface area contributed by atoms with Crippen molar-refractivity contribution in [3.05, 3.63) is 12.4 Å². The SMILES string of the molecule is CNc1nccn1C(CC(C)C)CN(C)C. The third-order valence-electron chi connectivity index (χ3n) is 2.61. The third-order valence-corrected chi connectivity index (χ3v) is 2.61. The average molecular weight is 224 g/mol. The maximum absolute atomic E-state index is 4.30. The Kier molecular flexibility index (Phi) is 4.80. The Balaban J connectivity index is 2.82. The minimum absolute atomic E-state index is 0.486. The maximum Gasteiger partial charge on any atom is 0.202 e. The molecule has 4 nitrogen and oxygen atoms in total. The summed E-state index contributed by atoms with van der Waals surface area (Å²) in [6, 6.07) is 0.486. The summed E-state index contributed by atoms with van der Waals surface area (Å²) >= 11 is 0. The Morgan fingerprint density at radius 1 is 1.44 bits per heavy atom. The van der Waals surface area contributed by atoms with Crippen molar-refractivity contribution in [1.29, 1.82) is 0 Å². The molecule has 0 amide bonds. The van der Waals surface area contributed by atoms with Crippen LogP contribution in [-0.4, -0.2) is 42.1 Å². The first-order valence-corrected chi connectivity index (χ1v) is 5.90. The minimum Gasteiger partial charge on any atom is -0.359 e. The van der Waals surface area contributed by atoms with E-state index in [0.29, 0.717) is 12.0 Å². The summed E-state index contributed by atoms with van der Waals surface area (Å²) < 4.78 is 2.24. The summed E-state index contributed by atoms with van der Waals surface area (Å²) in [5.41, 5.74) is 0. The van der Waals surface area contributed by atoms with E-state index in [1.807, 2.05) is 13.2 Å². The van der Waals surface area contributed by atoms with Gasteiger partial charge in [-0.15, -0.1) is 0 Å². The van der Waals surface area contributed by atoms with Gasteiger partial charge in [-0.2, -0.15) is 0 Å². The highest BCUT2D eigenvalue weighted by Gasteiger charge is 2.16. The molecule has 92 valence electrons. The van der Waals surface area contributed by atoms with Crippen LogP contribution in [0.2, 0.25) is 0 Å². The normalized spacial score (nSPS) is 13.4. The number of rotatable bonds is 6. The molecular weight excluding hydrogens is 200 g/mol. The number of aromatic nitrogens is 2. The first-order valence-electron chi connectivity index (χ1n) is 5.90. The van der Waals surface area contributed by atoms with E-state index in [1.54, 1.807) is 0 Å². The molecule has 16 heavy (non-hydrogen) atoms. The first kappa shape index (κ1) is 13.0.